The zero-order valence-corrected chi connectivity index (χ0v) is 14.1. The molecule has 0 bridgehead atoms. The van der Waals surface area contributed by atoms with Crippen LogP contribution in [0, 0.1) is 0 Å². The largest absolute Gasteiger partial charge is 0.307 e. The molecule has 1 fully saturated rings. The van der Waals surface area contributed by atoms with E-state index in [2.05, 4.69) is 9.34 Å². The van der Waals surface area contributed by atoms with Gasteiger partial charge in [-0.15, -0.1) is 0 Å². The Hall–Kier alpha value is 0.380. The van der Waals surface area contributed by atoms with E-state index in [0.717, 1.165) is 50.8 Å². The molecule has 0 N–H and O–H groups in total. The van der Waals surface area contributed by atoms with Crippen molar-refractivity contribution < 1.29 is 9.13 Å². The summed E-state index contributed by atoms with van der Waals surface area (Å²) in [6.45, 7) is 11.3. The maximum atomic E-state index is 12.6. The van der Waals surface area contributed by atoms with E-state index in [4.69, 9.17) is 0 Å². The van der Waals surface area contributed by atoms with Crippen LogP contribution in [0.1, 0.15) is 27.7 Å². The Kier molecular flexibility index (Phi) is 6.12. The zero-order chi connectivity index (χ0) is 13.8. The molecule has 0 aromatic heterocycles. The van der Waals surface area contributed by atoms with Crippen molar-refractivity contribution in [2.45, 2.75) is 27.7 Å². The van der Waals surface area contributed by atoms with Crippen LogP contribution in [0.4, 0.5) is 0 Å². The van der Waals surface area contributed by atoms with Crippen LogP contribution in [0.15, 0.2) is 0 Å². The van der Waals surface area contributed by atoms with E-state index in [0.29, 0.717) is 0 Å². The molecule has 6 heteroatoms. The summed E-state index contributed by atoms with van der Waals surface area (Å²) < 4.78 is 29.6. The van der Waals surface area contributed by atoms with Gasteiger partial charge in [-0.3, -0.25) is 9.34 Å². The lowest BCUT2D eigenvalue weighted by molar-refractivity contribution is 0.269. The highest BCUT2D eigenvalue weighted by molar-refractivity contribution is 7.62. The molecule has 108 valence electrons. The van der Waals surface area contributed by atoms with Gasteiger partial charge in [0.1, 0.15) is 14.6 Å². The van der Waals surface area contributed by atoms with Crippen LogP contribution in [0.2, 0.25) is 0 Å². The first-order chi connectivity index (χ1) is 8.45. The van der Waals surface area contributed by atoms with E-state index in [1.807, 2.05) is 27.7 Å². The molecule has 1 rings (SSSR count). The Balaban J connectivity index is 2.67. The summed E-state index contributed by atoms with van der Waals surface area (Å²) in [6, 6.07) is 0. The normalized spacial score (nSPS) is 20.2. The molecule has 0 aliphatic carbocycles. The second-order valence-electron chi connectivity index (χ2n) is 4.86. The van der Waals surface area contributed by atoms with Gasteiger partial charge >= 0.3 is 0 Å². The lowest BCUT2D eigenvalue weighted by Crippen LogP contribution is -2.44. The Bertz CT molecular complexity index is 302. The molecule has 0 spiro atoms. The van der Waals surface area contributed by atoms with E-state index in [1.54, 1.807) is 0 Å². The van der Waals surface area contributed by atoms with Crippen LogP contribution in [-0.4, -0.2) is 60.2 Å². The van der Waals surface area contributed by atoms with Crippen molar-refractivity contribution in [1.29, 1.82) is 0 Å². The molecule has 1 aliphatic heterocycles. The summed E-state index contributed by atoms with van der Waals surface area (Å²) in [5.74, 6) is 0. The van der Waals surface area contributed by atoms with Crippen molar-refractivity contribution in [3.8, 4) is 0 Å². The molecule has 1 saturated heterocycles. The standard InChI is InChI=1S/C12H28N2O2P2/c1-5-17(15,6-2)13-9-11-14(12-10-13)18(16,7-3)8-4/h5-12H2,1-4H3. The maximum Gasteiger partial charge on any atom is 0.149 e. The molecular formula is C12H28N2O2P2. The third-order valence-corrected chi connectivity index (χ3v) is 11.1. The first-order valence-electron chi connectivity index (χ1n) is 7.12. The summed E-state index contributed by atoms with van der Waals surface area (Å²) in [6.07, 6.45) is 3.01. The Morgan fingerprint density at radius 3 is 1.06 bits per heavy atom. The minimum absolute atomic E-state index is 0.753. The fourth-order valence-electron chi connectivity index (χ4n) is 2.66. The number of rotatable bonds is 6. The van der Waals surface area contributed by atoms with Crippen molar-refractivity contribution in [2.24, 2.45) is 0 Å². The predicted molar refractivity (Wildman–Crippen MR) is 80.5 cm³/mol. The molecule has 18 heavy (non-hydrogen) atoms. The number of hydrogen-bond donors (Lipinski definition) is 0. The quantitative estimate of drug-likeness (QED) is 0.705. The van der Waals surface area contributed by atoms with Crippen LogP contribution >= 0.6 is 14.6 Å². The lowest BCUT2D eigenvalue weighted by atomic mass is 10.4. The molecule has 0 radical (unpaired) electrons. The lowest BCUT2D eigenvalue weighted by Gasteiger charge is -2.41. The van der Waals surface area contributed by atoms with Gasteiger partial charge in [0.15, 0.2) is 0 Å². The Morgan fingerprint density at radius 2 is 0.889 bits per heavy atom. The predicted octanol–water partition coefficient (Wildman–Crippen LogP) is 3.24. The third kappa shape index (κ3) is 3.28. The molecule has 0 aromatic rings. The minimum atomic E-state index is -2.14. The van der Waals surface area contributed by atoms with E-state index in [9.17, 15) is 9.13 Å². The van der Waals surface area contributed by atoms with Crippen LogP contribution in [0.25, 0.3) is 0 Å². The monoisotopic (exact) mass is 294 g/mol. The molecular weight excluding hydrogens is 266 g/mol. The smallest absolute Gasteiger partial charge is 0.149 e. The Labute approximate surface area is 112 Å². The van der Waals surface area contributed by atoms with Gasteiger partial charge in [0.25, 0.3) is 0 Å². The van der Waals surface area contributed by atoms with Gasteiger partial charge in [-0.25, -0.2) is 0 Å². The summed E-state index contributed by atoms with van der Waals surface area (Å²) in [5.41, 5.74) is 0. The van der Waals surface area contributed by atoms with Crippen molar-refractivity contribution >= 4 is 14.6 Å². The number of nitrogens with zero attached hydrogens (tertiary/aromatic N) is 2. The fraction of sp³-hybridized carbons (Fsp3) is 1.00. The first-order valence-corrected chi connectivity index (χ1v) is 11.2. The second kappa shape index (κ2) is 6.70. The molecule has 0 amide bonds. The average Bonchev–Trinajstić information content (AvgIpc) is 2.45. The van der Waals surface area contributed by atoms with Crippen molar-refractivity contribution in [2.75, 3.05) is 50.8 Å². The summed E-state index contributed by atoms with van der Waals surface area (Å²) in [5, 5.41) is 0. The van der Waals surface area contributed by atoms with E-state index >= 15 is 0 Å². The number of piperazine rings is 1. The van der Waals surface area contributed by atoms with Gasteiger partial charge in [-0.2, -0.15) is 0 Å². The maximum absolute atomic E-state index is 12.6. The van der Waals surface area contributed by atoms with E-state index in [-0.39, 0.29) is 0 Å². The summed E-state index contributed by atoms with van der Waals surface area (Å²) >= 11 is 0. The first kappa shape index (κ1) is 16.4. The van der Waals surface area contributed by atoms with Gasteiger partial charge in [-0.05, 0) is 0 Å². The van der Waals surface area contributed by atoms with E-state index < -0.39 is 14.6 Å². The van der Waals surface area contributed by atoms with Gasteiger partial charge in [0.2, 0.25) is 0 Å². The highest BCUT2D eigenvalue weighted by Gasteiger charge is 2.34. The zero-order valence-electron chi connectivity index (χ0n) is 12.3. The summed E-state index contributed by atoms with van der Waals surface area (Å²) in [7, 11) is -4.27. The van der Waals surface area contributed by atoms with Crippen molar-refractivity contribution in [3.63, 3.8) is 0 Å². The fourth-order valence-corrected chi connectivity index (χ4v) is 6.97. The van der Waals surface area contributed by atoms with Gasteiger partial charge in [-0.1, -0.05) is 27.7 Å². The molecule has 1 heterocycles. The van der Waals surface area contributed by atoms with Crippen molar-refractivity contribution in [1.82, 2.24) is 9.34 Å². The van der Waals surface area contributed by atoms with Crippen LogP contribution < -0.4 is 0 Å². The van der Waals surface area contributed by atoms with Crippen molar-refractivity contribution in [3.05, 3.63) is 0 Å². The molecule has 0 atom stereocenters. The molecule has 4 nitrogen and oxygen atoms in total. The van der Waals surface area contributed by atoms with Gasteiger partial charge in [0.05, 0.1) is 0 Å². The minimum Gasteiger partial charge on any atom is -0.307 e. The third-order valence-electron chi connectivity index (χ3n) is 4.24. The van der Waals surface area contributed by atoms with Crippen LogP contribution in [-0.2, 0) is 9.13 Å². The topological polar surface area (TPSA) is 40.6 Å². The highest BCUT2D eigenvalue weighted by atomic mass is 31.2. The molecule has 1 aliphatic rings. The van der Waals surface area contributed by atoms with Crippen LogP contribution in [0.5, 0.6) is 0 Å². The summed E-state index contributed by atoms with van der Waals surface area (Å²) in [4.78, 5) is 0. The van der Waals surface area contributed by atoms with Gasteiger partial charge < -0.3 is 9.13 Å². The molecule has 0 aromatic carbocycles. The average molecular weight is 294 g/mol. The van der Waals surface area contributed by atoms with Crippen LogP contribution in [0.3, 0.4) is 0 Å². The molecule has 0 saturated carbocycles. The van der Waals surface area contributed by atoms with E-state index in [1.165, 1.54) is 0 Å². The second-order valence-corrected chi connectivity index (χ2v) is 11.9. The Morgan fingerprint density at radius 1 is 0.667 bits per heavy atom. The highest BCUT2D eigenvalue weighted by Crippen LogP contribution is 2.53. The SMILES string of the molecule is CCP(=O)(CC)N1CCN(P(=O)(CC)CC)CC1. The van der Waals surface area contributed by atoms with Gasteiger partial charge in [0, 0.05) is 50.8 Å². The molecule has 0 unspecified atom stereocenters. The number of hydrogen-bond acceptors (Lipinski definition) is 2.